The second-order valence-corrected chi connectivity index (χ2v) is 6.50. The second kappa shape index (κ2) is 5.20. The maximum Gasteiger partial charge on any atom is 0.245 e. The van der Waals surface area contributed by atoms with Crippen LogP contribution in [0.5, 0.6) is 0 Å². The number of nitrogens with two attached hydrogens (primary N) is 1. The third-order valence-electron chi connectivity index (χ3n) is 2.62. The van der Waals surface area contributed by atoms with Gasteiger partial charge < -0.3 is 5.73 Å². The lowest BCUT2D eigenvalue weighted by Crippen LogP contribution is -2.27. The summed E-state index contributed by atoms with van der Waals surface area (Å²) in [4.78, 5) is 0.00555. The van der Waals surface area contributed by atoms with Gasteiger partial charge in [0.15, 0.2) is 0 Å². The maximum atomic E-state index is 12.4. The third kappa shape index (κ3) is 2.89. The Morgan fingerprint density at radius 3 is 2.84 bits per heavy atom. The van der Waals surface area contributed by atoms with Gasteiger partial charge in [-0.15, -0.1) is 0 Å². The van der Waals surface area contributed by atoms with Crippen LogP contribution in [0.1, 0.15) is 5.56 Å². The van der Waals surface area contributed by atoms with Gasteiger partial charge in [0.1, 0.15) is 4.90 Å². The average Bonchev–Trinajstić information content (AvgIpc) is 2.85. The van der Waals surface area contributed by atoms with E-state index >= 15 is 0 Å². The Labute approximate surface area is 116 Å². The molecule has 102 valence electrons. The number of hydrogen-bond acceptors (Lipinski definition) is 4. The summed E-state index contributed by atoms with van der Waals surface area (Å²) in [5, 5.41) is 6.72. The van der Waals surface area contributed by atoms with E-state index in [0.717, 1.165) is 5.56 Å². The Morgan fingerprint density at radius 2 is 2.21 bits per heavy atom. The summed E-state index contributed by atoms with van der Waals surface area (Å²) < 4.78 is 26.0. The zero-order valence-electron chi connectivity index (χ0n) is 10.2. The molecule has 0 bridgehead atoms. The van der Waals surface area contributed by atoms with Gasteiger partial charge in [0.05, 0.1) is 11.9 Å². The molecule has 0 aliphatic rings. The number of nitrogens with zero attached hydrogens (tertiary/aromatic N) is 2. The quantitative estimate of drug-likeness (QED) is 0.836. The zero-order valence-corrected chi connectivity index (χ0v) is 11.7. The summed E-state index contributed by atoms with van der Waals surface area (Å²) in [5.74, 6) is 0. The van der Waals surface area contributed by atoms with E-state index in [-0.39, 0.29) is 17.1 Å². The fraction of sp³-hybridized carbons (Fsp3) is 0.182. The van der Waals surface area contributed by atoms with Gasteiger partial charge in [-0.1, -0.05) is 11.6 Å². The summed E-state index contributed by atoms with van der Waals surface area (Å²) in [5.41, 5.74) is 6.63. The number of aromatic amines is 1. The molecule has 0 radical (unpaired) electrons. The molecule has 0 fully saturated rings. The van der Waals surface area contributed by atoms with Crippen molar-refractivity contribution in [3.8, 4) is 0 Å². The standard InChI is InChI=1S/C11H13ClN4O2S/c1-16(7-8-5-14-15-6-8)19(17,18)11-4-9(12)2-3-10(11)13/h2-6H,7,13H2,1H3,(H,14,15). The molecule has 0 amide bonds. The molecule has 8 heteroatoms. The number of aromatic nitrogens is 2. The predicted molar refractivity (Wildman–Crippen MR) is 73.1 cm³/mol. The van der Waals surface area contributed by atoms with Crippen LogP contribution in [0.15, 0.2) is 35.5 Å². The molecule has 0 unspecified atom stereocenters. The lowest BCUT2D eigenvalue weighted by molar-refractivity contribution is 0.467. The Bertz CT molecular complexity index is 670. The first-order valence-electron chi connectivity index (χ1n) is 5.40. The van der Waals surface area contributed by atoms with Crippen molar-refractivity contribution in [1.82, 2.24) is 14.5 Å². The molecular weight excluding hydrogens is 288 g/mol. The van der Waals surface area contributed by atoms with Crippen molar-refractivity contribution in [1.29, 1.82) is 0 Å². The van der Waals surface area contributed by atoms with Crippen molar-refractivity contribution >= 4 is 27.3 Å². The monoisotopic (exact) mass is 300 g/mol. The number of rotatable bonds is 4. The maximum absolute atomic E-state index is 12.4. The molecule has 6 nitrogen and oxygen atoms in total. The average molecular weight is 301 g/mol. The Kier molecular flexibility index (Phi) is 3.79. The molecule has 19 heavy (non-hydrogen) atoms. The number of sulfonamides is 1. The first-order valence-corrected chi connectivity index (χ1v) is 7.22. The lowest BCUT2D eigenvalue weighted by Gasteiger charge is -2.17. The minimum absolute atomic E-state index is 0.00555. The largest absolute Gasteiger partial charge is 0.398 e. The molecule has 1 aromatic heterocycles. The molecule has 2 rings (SSSR count). The van der Waals surface area contributed by atoms with Crippen LogP contribution < -0.4 is 5.73 Å². The Morgan fingerprint density at radius 1 is 1.47 bits per heavy atom. The summed E-state index contributed by atoms with van der Waals surface area (Å²) >= 11 is 5.82. The SMILES string of the molecule is CN(Cc1cn[nH]c1)S(=O)(=O)c1cc(Cl)ccc1N. The molecular formula is C11H13ClN4O2S. The van der Waals surface area contributed by atoms with E-state index in [9.17, 15) is 8.42 Å². The zero-order chi connectivity index (χ0) is 14.0. The van der Waals surface area contributed by atoms with Crippen LogP contribution in [-0.2, 0) is 16.6 Å². The number of benzene rings is 1. The molecule has 2 aromatic rings. The third-order valence-corrected chi connectivity index (χ3v) is 4.72. The van der Waals surface area contributed by atoms with Crippen LogP contribution in [0.2, 0.25) is 5.02 Å². The molecule has 0 spiro atoms. The molecule has 0 aliphatic carbocycles. The van der Waals surface area contributed by atoms with E-state index in [2.05, 4.69) is 10.2 Å². The van der Waals surface area contributed by atoms with Crippen molar-refractivity contribution in [3.05, 3.63) is 41.2 Å². The number of H-pyrrole nitrogens is 1. The normalized spacial score (nSPS) is 11.9. The molecule has 0 saturated heterocycles. The highest BCUT2D eigenvalue weighted by atomic mass is 35.5. The van der Waals surface area contributed by atoms with Gasteiger partial charge in [-0.2, -0.15) is 9.40 Å². The van der Waals surface area contributed by atoms with Crippen molar-refractivity contribution < 1.29 is 8.42 Å². The topological polar surface area (TPSA) is 92.1 Å². The molecule has 1 aromatic carbocycles. The van der Waals surface area contributed by atoms with E-state index < -0.39 is 10.0 Å². The Balaban J connectivity index is 2.33. The van der Waals surface area contributed by atoms with Crippen LogP contribution in [-0.4, -0.2) is 30.0 Å². The van der Waals surface area contributed by atoms with Crippen LogP contribution >= 0.6 is 11.6 Å². The Hall–Kier alpha value is -1.57. The lowest BCUT2D eigenvalue weighted by atomic mass is 10.3. The van der Waals surface area contributed by atoms with E-state index in [1.165, 1.54) is 23.5 Å². The van der Waals surface area contributed by atoms with Crippen LogP contribution in [0.4, 0.5) is 5.69 Å². The summed E-state index contributed by atoms with van der Waals surface area (Å²) in [6, 6.07) is 4.37. The van der Waals surface area contributed by atoms with Gasteiger partial charge in [-0.05, 0) is 18.2 Å². The summed E-state index contributed by atoms with van der Waals surface area (Å²) in [7, 11) is -2.21. The number of halogens is 1. The van der Waals surface area contributed by atoms with Gasteiger partial charge in [-0.25, -0.2) is 8.42 Å². The fourth-order valence-electron chi connectivity index (χ4n) is 1.61. The minimum atomic E-state index is -3.69. The minimum Gasteiger partial charge on any atom is -0.398 e. The second-order valence-electron chi connectivity index (χ2n) is 4.05. The van der Waals surface area contributed by atoms with Crippen molar-refractivity contribution in [2.24, 2.45) is 0 Å². The van der Waals surface area contributed by atoms with Crippen molar-refractivity contribution in [2.45, 2.75) is 11.4 Å². The number of nitrogen functional groups attached to an aromatic ring is 1. The highest BCUT2D eigenvalue weighted by Crippen LogP contribution is 2.25. The van der Waals surface area contributed by atoms with Gasteiger partial charge in [-0.3, -0.25) is 5.10 Å². The van der Waals surface area contributed by atoms with Crippen molar-refractivity contribution in [2.75, 3.05) is 12.8 Å². The van der Waals surface area contributed by atoms with E-state index in [1.54, 1.807) is 18.5 Å². The number of nitrogens with one attached hydrogen (secondary N) is 1. The van der Waals surface area contributed by atoms with E-state index in [4.69, 9.17) is 17.3 Å². The van der Waals surface area contributed by atoms with Crippen LogP contribution in [0, 0.1) is 0 Å². The van der Waals surface area contributed by atoms with Crippen LogP contribution in [0.3, 0.4) is 0 Å². The molecule has 3 N–H and O–H groups in total. The molecule has 0 saturated carbocycles. The number of hydrogen-bond donors (Lipinski definition) is 2. The van der Waals surface area contributed by atoms with Gasteiger partial charge in [0, 0.05) is 30.4 Å². The predicted octanol–water partition coefficient (Wildman–Crippen LogP) is 1.47. The highest BCUT2D eigenvalue weighted by molar-refractivity contribution is 7.89. The van der Waals surface area contributed by atoms with E-state index in [1.807, 2.05) is 0 Å². The summed E-state index contributed by atoms with van der Waals surface area (Å²) in [6.07, 6.45) is 3.20. The molecule has 1 heterocycles. The van der Waals surface area contributed by atoms with Crippen LogP contribution in [0.25, 0.3) is 0 Å². The number of anilines is 1. The first-order chi connectivity index (χ1) is 8.91. The first kappa shape index (κ1) is 13.9. The smallest absolute Gasteiger partial charge is 0.245 e. The fourth-order valence-corrected chi connectivity index (χ4v) is 3.14. The van der Waals surface area contributed by atoms with E-state index in [0.29, 0.717) is 5.02 Å². The molecule has 0 atom stereocenters. The van der Waals surface area contributed by atoms with Crippen molar-refractivity contribution in [3.63, 3.8) is 0 Å². The molecule has 0 aliphatic heterocycles. The van der Waals surface area contributed by atoms with Gasteiger partial charge in [0.2, 0.25) is 10.0 Å². The highest BCUT2D eigenvalue weighted by Gasteiger charge is 2.23. The van der Waals surface area contributed by atoms with Gasteiger partial charge in [0.25, 0.3) is 0 Å². The van der Waals surface area contributed by atoms with Gasteiger partial charge >= 0.3 is 0 Å². The summed E-state index contributed by atoms with van der Waals surface area (Å²) in [6.45, 7) is 0.199.